The number of hydrogen-bond donors (Lipinski definition) is 0. The number of aromatic nitrogens is 2. The van der Waals surface area contributed by atoms with E-state index in [0.717, 1.165) is 22.3 Å². The van der Waals surface area contributed by atoms with Gasteiger partial charge in [-0.3, -0.25) is 4.98 Å². The van der Waals surface area contributed by atoms with Crippen LogP contribution in [-0.4, -0.2) is 9.97 Å². The van der Waals surface area contributed by atoms with Crippen molar-refractivity contribution in [1.82, 2.24) is 9.97 Å². The normalized spacial score (nSPS) is 11.5. The van der Waals surface area contributed by atoms with Crippen molar-refractivity contribution in [2.45, 2.75) is 27.7 Å². The lowest BCUT2D eigenvalue weighted by Gasteiger charge is -2.15. The third-order valence-electron chi connectivity index (χ3n) is 8.53. The Morgan fingerprint density at radius 3 is 1.98 bits per heavy atom. The van der Waals surface area contributed by atoms with Gasteiger partial charge in [-0.25, -0.2) is 4.98 Å². The van der Waals surface area contributed by atoms with Gasteiger partial charge in [-0.1, -0.05) is 97.1 Å². The smallest absolute Gasteiger partial charge is 0.0975 e. The zero-order valence-electron chi connectivity index (χ0n) is 23.3. The van der Waals surface area contributed by atoms with Crippen LogP contribution < -0.4 is 0 Å². The maximum absolute atomic E-state index is 5.26. The third kappa shape index (κ3) is 3.87. The molecule has 40 heavy (non-hydrogen) atoms. The molecule has 0 atom stereocenters. The number of fused-ring (bicyclic) bond motifs is 4. The maximum Gasteiger partial charge on any atom is 0.0975 e. The largest absolute Gasteiger partial charge is 0.254 e. The summed E-state index contributed by atoms with van der Waals surface area (Å²) in [4.78, 5) is 10.1. The van der Waals surface area contributed by atoms with Crippen molar-refractivity contribution in [2.75, 3.05) is 0 Å². The van der Waals surface area contributed by atoms with Gasteiger partial charge in [0.25, 0.3) is 0 Å². The molecule has 0 saturated carbocycles. The van der Waals surface area contributed by atoms with Crippen LogP contribution in [0.4, 0.5) is 0 Å². The summed E-state index contributed by atoms with van der Waals surface area (Å²) in [6, 6.07) is 37.2. The van der Waals surface area contributed by atoms with Crippen molar-refractivity contribution in [3.05, 3.63) is 132 Å². The zero-order valence-corrected chi connectivity index (χ0v) is 23.3. The highest BCUT2D eigenvalue weighted by Crippen LogP contribution is 2.36. The summed E-state index contributed by atoms with van der Waals surface area (Å²) in [6.45, 7) is 8.67. The second-order valence-electron chi connectivity index (χ2n) is 10.8. The highest BCUT2D eigenvalue weighted by Gasteiger charge is 2.15. The van der Waals surface area contributed by atoms with Crippen LogP contribution in [0.25, 0.3) is 66.1 Å². The van der Waals surface area contributed by atoms with Crippen molar-refractivity contribution in [1.29, 1.82) is 0 Å². The second-order valence-corrected chi connectivity index (χ2v) is 10.8. The van der Waals surface area contributed by atoms with Crippen LogP contribution in [0.1, 0.15) is 22.3 Å². The van der Waals surface area contributed by atoms with E-state index in [1.807, 2.05) is 6.20 Å². The van der Waals surface area contributed by atoms with E-state index in [1.165, 1.54) is 66.1 Å². The maximum atomic E-state index is 5.26. The molecule has 5 aromatic carbocycles. The Morgan fingerprint density at radius 1 is 0.475 bits per heavy atom. The molecule has 0 radical (unpaired) electrons. The SMILES string of the molecule is Cc1cnc2c(ccc3c(C)c(C)c(-c4cccc(-c5ccc(-c6cccc7ccccc67)cc5)c4)nc32)c1C. The van der Waals surface area contributed by atoms with Crippen LogP contribution in [-0.2, 0) is 0 Å². The number of nitrogens with zero attached hydrogens (tertiary/aromatic N) is 2. The Hall–Kier alpha value is -4.82. The number of benzene rings is 5. The van der Waals surface area contributed by atoms with E-state index in [0.29, 0.717) is 0 Å². The molecule has 0 unspecified atom stereocenters. The summed E-state index contributed by atoms with van der Waals surface area (Å²) >= 11 is 0. The predicted molar refractivity (Wildman–Crippen MR) is 170 cm³/mol. The van der Waals surface area contributed by atoms with Gasteiger partial charge in [0.05, 0.1) is 16.7 Å². The lowest BCUT2D eigenvalue weighted by molar-refractivity contribution is 1.25. The highest BCUT2D eigenvalue weighted by molar-refractivity contribution is 6.06. The molecule has 2 heteroatoms. The fourth-order valence-corrected chi connectivity index (χ4v) is 5.92. The summed E-state index contributed by atoms with van der Waals surface area (Å²) < 4.78 is 0. The van der Waals surface area contributed by atoms with Crippen molar-refractivity contribution in [3.8, 4) is 33.5 Å². The average Bonchev–Trinajstić information content (AvgIpc) is 3.00. The van der Waals surface area contributed by atoms with E-state index in [2.05, 4.69) is 131 Å². The third-order valence-corrected chi connectivity index (χ3v) is 8.53. The number of rotatable bonds is 3. The first-order valence-electron chi connectivity index (χ1n) is 13.8. The summed E-state index contributed by atoms with van der Waals surface area (Å²) in [5, 5.41) is 4.89. The van der Waals surface area contributed by atoms with E-state index in [1.54, 1.807) is 0 Å². The topological polar surface area (TPSA) is 25.8 Å². The predicted octanol–water partition coefficient (Wildman–Crippen LogP) is 10.2. The van der Waals surface area contributed by atoms with Crippen molar-refractivity contribution in [2.24, 2.45) is 0 Å². The van der Waals surface area contributed by atoms with E-state index in [-0.39, 0.29) is 0 Å². The van der Waals surface area contributed by atoms with Crippen LogP contribution >= 0.6 is 0 Å². The molecular formula is C38H30N2. The van der Waals surface area contributed by atoms with Gasteiger partial charge in [-0.15, -0.1) is 0 Å². The van der Waals surface area contributed by atoms with Gasteiger partial charge in [0.1, 0.15) is 0 Å². The standard InChI is InChI=1S/C38H30N2/c1-23-22-39-37-32(24(23)2)19-20-33-25(3)26(4)36(40-38(33)37)31-12-7-11-30(21-31)27-15-17-29(18-16-27)35-14-8-10-28-9-5-6-13-34(28)35/h5-22H,1-4H3. The summed E-state index contributed by atoms with van der Waals surface area (Å²) in [5.41, 5.74) is 13.9. The van der Waals surface area contributed by atoms with Crippen molar-refractivity contribution >= 4 is 32.6 Å². The fourth-order valence-electron chi connectivity index (χ4n) is 5.92. The summed E-state index contributed by atoms with van der Waals surface area (Å²) in [7, 11) is 0. The minimum atomic E-state index is 0.976. The minimum Gasteiger partial charge on any atom is -0.254 e. The molecule has 7 rings (SSSR count). The van der Waals surface area contributed by atoms with Gasteiger partial charge >= 0.3 is 0 Å². The molecule has 0 spiro atoms. The monoisotopic (exact) mass is 514 g/mol. The molecule has 0 aliphatic heterocycles. The Labute approximate surface area is 235 Å². The van der Waals surface area contributed by atoms with Gasteiger partial charge in [0.15, 0.2) is 0 Å². The van der Waals surface area contributed by atoms with Crippen LogP contribution in [0.15, 0.2) is 109 Å². The zero-order chi connectivity index (χ0) is 27.4. The summed E-state index contributed by atoms with van der Waals surface area (Å²) in [5.74, 6) is 0. The summed E-state index contributed by atoms with van der Waals surface area (Å²) in [6.07, 6.45) is 1.97. The van der Waals surface area contributed by atoms with E-state index >= 15 is 0 Å². The molecule has 0 saturated heterocycles. The Kier molecular flexibility index (Phi) is 5.71. The average molecular weight is 515 g/mol. The molecule has 2 nitrogen and oxygen atoms in total. The van der Waals surface area contributed by atoms with Gasteiger partial charge in [-0.2, -0.15) is 0 Å². The first-order valence-corrected chi connectivity index (χ1v) is 13.8. The number of aryl methyl sites for hydroxylation is 3. The van der Waals surface area contributed by atoms with Crippen LogP contribution in [0.5, 0.6) is 0 Å². The van der Waals surface area contributed by atoms with Crippen LogP contribution in [0.3, 0.4) is 0 Å². The molecule has 2 aromatic heterocycles. The van der Waals surface area contributed by atoms with Crippen LogP contribution in [0.2, 0.25) is 0 Å². The molecule has 0 amide bonds. The van der Waals surface area contributed by atoms with Crippen LogP contribution in [0, 0.1) is 27.7 Å². The number of pyridine rings is 2. The molecular weight excluding hydrogens is 484 g/mol. The lowest BCUT2D eigenvalue weighted by atomic mass is 9.94. The Bertz CT molecular complexity index is 2080. The molecule has 7 aromatic rings. The Balaban J connectivity index is 1.32. The minimum absolute atomic E-state index is 0.976. The van der Waals surface area contributed by atoms with Gasteiger partial charge < -0.3 is 0 Å². The highest BCUT2D eigenvalue weighted by atomic mass is 14.8. The molecule has 0 bridgehead atoms. The fraction of sp³-hybridized carbons (Fsp3) is 0.105. The van der Waals surface area contributed by atoms with Gasteiger partial charge in [0, 0.05) is 22.5 Å². The first kappa shape index (κ1) is 24.2. The molecule has 0 N–H and O–H groups in total. The Morgan fingerprint density at radius 2 is 1.15 bits per heavy atom. The second kappa shape index (κ2) is 9.43. The van der Waals surface area contributed by atoms with E-state index in [9.17, 15) is 0 Å². The molecule has 2 heterocycles. The number of hydrogen-bond acceptors (Lipinski definition) is 2. The quantitative estimate of drug-likeness (QED) is 0.219. The molecule has 192 valence electrons. The van der Waals surface area contributed by atoms with Gasteiger partial charge in [-0.05, 0) is 89.0 Å². The first-order chi connectivity index (χ1) is 19.5. The van der Waals surface area contributed by atoms with E-state index in [4.69, 9.17) is 9.97 Å². The van der Waals surface area contributed by atoms with Gasteiger partial charge in [0.2, 0.25) is 0 Å². The van der Waals surface area contributed by atoms with Crippen molar-refractivity contribution < 1.29 is 0 Å². The molecule has 0 aliphatic rings. The van der Waals surface area contributed by atoms with E-state index < -0.39 is 0 Å². The molecule has 0 fully saturated rings. The lowest BCUT2D eigenvalue weighted by Crippen LogP contribution is -1.97. The molecule has 0 aliphatic carbocycles. The van der Waals surface area contributed by atoms with Crippen molar-refractivity contribution in [3.63, 3.8) is 0 Å².